The van der Waals surface area contributed by atoms with Crippen LogP contribution in [0, 0.1) is 0 Å². The summed E-state index contributed by atoms with van der Waals surface area (Å²) >= 11 is 0. The largest absolute Gasteiger partial charge is 0.490 e. The molecule has 1 aromatic heterocycles. The molecule has 0 aliphatic carbocycles. The van der Waals surface area contributed by atoms with Crippen molar-refractivity contribution >= 4 is 17.5 Å². The summed E-state index contributed by atoms with van der Waals surface area (Å²) in [6.45, 7) is 1.42. The number of amides is 2. The summed E-state index contributed by atoms with van der Waals surface area (Å²) in [5.41, 5.74) is 0.626. The van der Waals surface area contributed by atoms with Crippen LogP contribution in [0.4, 0.5) is 5.69 Å². The Morgan fingerprint density at radius 2 is 1.92 bits per heavy atom. The Hall–Kier alpha value is -2.96. The minimum atomic E-state index is -0.344. The highest BCUT2D eigenvalue weighted by atomic mass is 16.5. The summed E-state index contributed by atoms with van der Waals surface area (Å²) in [6.07, 6.45) is 2.40. The lowest BCUT2D eigenvalue weighted by molar-refractivity contribution is -0.116. The average Bonchev–Trinajstić information content (AvgIpc) is 3.01. The Labute approximate surface area is 138 Å². The highest BCUT2D eigenvalue weighted by Crippen LogP contribution is 2.32. The molecule has 7 nitrogen and oxygen atoms in total. The van der Waals surface area contributed by atoms with Crippen molar-refractivity contribution in [3.63, 3.8) is 0 Å². The zero-order valence-corrected chi connectivity index (χ0v) is 13.0. The maximum atomic E-state index is 12.0. The fourth-order valence-corrected chi connectivity index (χ4v) is 2.25. The summed E-state index contributed by atoms with van der Waals surface area (Å²) in [6, 6.07) is 8.46. The molecule has 1 aliphatic heterocycles. The zero-order chi connectivity index (χ0) is 16.8. The minimum absolute atomic E-state index is 0.154. The number of nitrogens with one attached hydrogen (secondary N) is 2. The molecule has 2 amide bonds. The molecule has 0 radical (unpaired) electrons. The van der Waals surface area contributed by atoms with Gasteiger partial charge in [0.1, 0.15) is 0 Å². The second kappa shape index (κ2) is 7.54. The van der Waals surface area contributed by atoms with E-state index in [0.717, 1.165) is 6.42 Å². The van der Waals surface area contributed by atoms with E-state index < -0.39 is 0 Å². The van der Waals surface area contributed by atoms with Crippen molar-refractivity contribution < 1.29 is 23.5 Å². The molecule has 0 saturated carbocycles. The molecule has 126 valence electrons. The lowest BCUT2D eigenvalue weighted by atomic mass is 10.2. The Morgan fingerprint density at radius 1 is 1.08 bits per heavy atom. The van der Waals surface area contributed by atoms with Crippen molar-refractivity contribution in [3.05, 3.63) is 42.4 Å². The molecule has 2 aromatic rings. The number of carbonyl (C=O) groups excluding carboxylic acids is 2. The molecular formula is C17H18N2O5. The van der Waals surface area contributed by atoms with E-state index in [1.165, 1.54) is 6.26 Å². The summed E-state index contributed by atoms with van der Waals surface area (Å²) in [5, 5.41) is 5.39. The van der Waals surface area contributed by atoms with Crippen LogP contribution < -0.4 is 20.1 Å². The number of rotatable bonds is 5. The number of ether oxygens (including phenoxy) is 2. The first-order chi connectivity index (χ1) is 11.7. The highest BCUT2D eigenvalue weighted by molar-refractivity contribution is 5.93. The molecule has 2 heterocycles. The van der Waals surface area contributed by atoms with Crippen LogP contribution in [0.25, 0.3) is 0 Å². The Kier molecular flexibility index (Phi) is 5.00. The van der Waals surface area contributed by atoms with E-state index >= 15 is 0 Å². The van der Waals surface area contributed by atoms with E-state index in [1.807, 2.05) is 0 Å². The molecule has 1 aromatic carbocycles. The van der Waals surface area contributed by atoms with Crippen molar-refractivity contribution in [2.45, 2.75) is 12.8 Å². The summed E-state index contributed by atoms with van der Waals surface area (Å²) in [7, 11) is 0. The van der Waals surface area contributed by atoms with Gasteiger partial charge in [-0.25, -0.2) is 0 Å². The minimum Gasteiger partial charge on any atom is -0.490 e. The third-order valence-corrected chi connectivity index (χ3v) is 3.41. The van der Waals surface area contributed by atoms with E-state index in [2.05, 4.69) is 10.6 Å². The van der Waals surface area contributed by atoms with E-state index in [-0.39, 0.29) is 30.5 Å². The van der Waals surface area contributed by atoms with Gasteiger partial charge in [0, 0.05) is 31.1 Å². The molecule has 0 unspecified atom stereocenters. The molecule has 0 bridgehead atoms. The first-order valence-corrected chi connectivity index (χ1v) is 7.73. The average molecular weight is 330 g/mol. The number of fused-ring (bicyclic) bond motifs is 1. The predicted molar refractivity (Wildman–Crippen MR) is 86.3 cm³/mol. The van der Waals surface area contributed by atoms with E-state index in [1.54, 1.807) is 30.3 Å². The second-order valence-electron chi connectivity index (χ2n) is 5.24. The standard InChI is InChI=1S/C17H18N2O5/c20-16(6-7-18-17(21)14-3-1-8-23-14)19-12-4-5-13-15(11-12)24-10-2-9-22-13/h1,3-5,8,11H,2,6-7,9-10H2,(H,18,21)(H,19,20). The number of benzene rings is 1. The summed E-state index contributed by atoms with van der Waals surface area (Å²) < 4.78 is 16.1. The van der Waals surface area contributed by atoms with Crippen LogP contribution in [0.3, 0.4) is 0 Å². The third-order valence-electron chi connectivity index (χ3n) is 3.41. The van der Waals surface area contributed by atoms with E-state index in [0.29, 0.717) is 30.4 Å². The Balaban J connectivity index is 1.48. The highest BCUT2D eigenvalue weighted by Gasteiger charge is 2.12. The number of carbonyl (C=O) groups is 2. The fraction of sp³-hybridized carbons (Fsp3) is 0.294. The molecular weight excluding hydrogens is 312 g/mol. The van der Waals surface area contributed by atoms with Crippen molar-refractivity contribution in [1.82, 2.24) is 5.32 Å². The van der Waals surface area contributed by atoms with Crippen molar-refractivity contribution in [1.29, 1.82) is 0 Å². The molecule has 0 spiro atoms. The van der Waals surface area contributed by atoms with Gasteiger partial charge in [-0.15, -0.1) is 0 Å². The zero-order valence-electron chi connectivity index (χ0n) is 13.0. The van der Waals surface area contributed by atoms with Gasteiger partial charge in [0.25, 0.3) is 5.91 Å². The van der Waals surface area contributed by atoms with Crippen LogP contribution in [0.1, 0.15) is 23.4 Å². The molecule has 1 aliphatic rings. The number of anilines is 1. The quantitative estimate of drug-likeness (QED) is 0.877. The van der Waals surface area contributed by atoms with Gasteiger partial charge in [0.15, 0.2) is 17.3 Å². The van der Waals surface area contributed by atoms with Gasteiger partial charge in [-0.2, -0.15) is 0 Å². The van der Waals surface area contributed by atoms with Crippen molar-refractivity contribution in [2.75, 3.05) is 25.1 Å². The Morgan fingerprint density at radius 3 is 2.71 bits per heavy atom. The molecule has 0 atom stereocenters. The van der Waals surface area contributed by atoms with Crippen molar-refractivity contribution in [2.24, 2.45) is 0 Å². The number of hydrogen-bond acceptors (Lipinski definition) is 5. The first kappa shape index (κ1) is 15.9. The normalized spacial score (nSPS) is 13.0. The molecule has 3 rings (SSSR count). The Bertz CT molecular complexity index is 712. The predicted octanol–water partition coefficient (Wildman–Crippen LogP) is 2.20. The van der Waals surface area contributed by atoms with Gasteiger partial charge in [-0.3, -0.25) is 9.59 Å². The van der Waals surface area contributed by atoms with Crippen LogP contribution >= 0.6 is 0 Å². The monoisotopic (exact) mass is 330 g/mol. The molecule has 7 heteroatoms. The lowest BCUT2D eigenvalue weighted by Gasteiger charge is -2.10. The van der Waals surface area contributed by atoms with Crippen LogP contribution in [0.5, 0.6) is 11.5 Å². The summed E-state index contributed by atoms with van der Waals surface area (Å²) in [4.78, 5) is 23.6. The fourth-order valence-electron chi connectivity index (χ4n) is 2.25. The van der Waals surface area contributed by atoms with E-state index in [4.69, 9.17) is 13.9 Å². The SMILES string of the molecule is O=C(CCNC(=O)c1ccco1)Nc1ccc2c(c1)OCCCO2. The third kappa shape index (κ3) is 4.07. The summed E-state index contributed by atoms with van der Waals surface area (Å²) in [5.74, 6) is 0.971. The van der Waals surface area contributed by atoms with E-state index in [9.17, 15) is 9.59 Å². The van der Waals surface area contributed by atoms with Gasteiger partial charge in [0.05, 0.1) is 19.5 Å². The van der Waals surface area contributed by atoms with Crippen molar-refractivity contribution in [3.8, 4) is 11.5 Å². The van der Waals surface area contributed by atoms with Gasteiger partial charge in [-0.05, 0) is 24.3 Å². The molecule has 24 heavy (non-hydrogen) atoms. The maximum absolute atomic E-state index is 12.0. The molecule has 0 saturated heterocycles. The topological polar surface area (TPSA) is 89.8 Å². The molecule has 0 fully saturated rings. The van der Waals surface area contributed by atoms with Gasteiger partial charge in [-0.1, -0.05) is 0 Å². The number of hydrogen-bond donors (Lipinski definition) is 2. The van der Waals surface area contributed by atoms with Crippen LogP contribution in [0.2, 0.25) is 0 Å². The molecule has 2 N–H and O–H groups in total. The van der Waals surface area contributed by atoms with Crippen LogP contribution in [0.15, 0.2) is 41.0 Å². The van der Waals surface area contributed by atoms with Gasteiger partial charge in [0.2, 0.25) is 5.91 Å². The number of furan rings is 1. The maximum Gasteiger partial charge on any atom is 0.286 e. The van der Waals surface area contributed by atoms with Crippen LogP contribution in [-0.2, 0) is 4.79 Å². The first-order valence-electron chi connectivity index (χ1n) is 7.73. The van der Waals surface area contributed by atoms with Crippen LogP contribution in [-0.4, -0.2) is 31.6 Å². The second-order valence-corrected chi connectivity index (χ2v) is 5.24. The smallest absolute Gasteiger partial charge is 0.286 e. The van der Waals surface area contributed by atoms with Gasteiger partial charge >= 0.3 is 0 Å². The lowest BCUT2D eigenvalue weighted by Crippen LogP contribution is -2.27. The van der Waals surface area contributed by atoms with Gasteiger partial charge < -0.3 is 24.5 Å².